The van der Waals surface area contributed by atoms with Gasteiger partial charge in [-0.15, -0.1) is 0 Å². The van der Waals surface area contributed by atoms with E-state index >= 15 is 0 Å². The highest BCUT2D eigenvalue weighted by molar-refractivity contribution is 6.30. The van der Waals surface area contributed by atoms with Gasteiger partial charge in [-0.2, -0.15) is 5.26 Å². The zero-order valence-electron chi connectivity index (χ0n) is 9.53. The van der Waals surface area contributed by atoms with E-state index in [1.54, 1.807) is 6.07 Å². The molecule has 0 amide bonds. The summed E-state index contributed by atoms with van der Waals surface area (Å²) in [6.07, 6.45) is 2.42. The number of benzene rings is 1. The minimum Gasteiger partial charge on any atom is -0.377 e. The van der Waals surface area contributed by atoms with Gasteiger partial charge in [0, 0.05) is 18.2 Å². The molecule has 17 heavy (non-hydrogen) atoms. The molecule has 0 saturated carbocycles. The Labute approximate surface area is 106 Å². The molecule has 1 heterocycles. The second-order valence-electron chi connectivity index (χ2n) is 4.16. The average Bonchev–Trinajstić information content (AvgIpc) is 2.83. The fourth-order valence-electron chi connectivity index (χ4n) is 1.98. The smallest absolute Gasteiger partial charge is 0.121 e. The lowest BCUT2D eigenvalue weighted by Gasteiger charge is -2.15. The largest absolute Gasteiger partial charge is 0.377 e. The second-order valence-corrected chi connectivity index (χ2v) is 4.60. The van der Waals surface area contributed by atoms with E-state index in [9.17, 15) is 0 Å². The summed E-state index contributed by atoms with van der Waals surface area (Å²) in [7, 11) is 0. The molecule has 0 spiro atoms. The lowest BCUT2D eigenvalue weighted by molar-refractivity contribution is 0.109. The Morgan fingerprint density at radius 3 is 3.12 bits per heavy atom. The summed E-state index contributed by atoms with van der Waals surface area (Å²) < 4.78 is 5.51. The van der Waals surface area contributed by atoms with Crippen LogP contribution >= 0.6 is 11.6 Å². The van der Waals surface area contributed by atoms with E-state index in [0.717, 1.165) is 25.0 Å². The van der Waals surface area contributed by atoms with E-state index in [4.69, 9.17) is 21.6 Å². The Kier molecular flexibility index (Phi) is 4.38. The van der Waals surface area contributed by atoms with E-state index in [2.05, 4.69) is 11.4 Å². The van der Waals surface area contributed by atoms with Crippen LogP contribution in [-0.4, -0.2) is 19.3 Å². The van der Waals surface area contributed by atoms with Crippen molar-refractivity contribution in [3.05, 3.63) is 34.9 Å². The van der Waals surface area contributed by atoms with Gasteiger partial charge < -0.3 is 4.74 Å². The van der Waals surface area contributed by atoms with Crippen LogP contribution < -0.4 is 5.32 Å². The highest BCUT2D eigenvalue weighted by atomic mass is 35.5. The molecule has 0 radical (unpaired) electrons. The van der Waals surface area contributed by atoms with Crippen molar-refractivity contribution >= 4 is 11.6 Å². The first kappa shape index (κ1) is 12.4. The molecule has 1 aromatic rings. The van der Waals surface area contributed by atoms with Crippen molar-refractivity contribution < 1.29 is 4.74 Å². The van der Waals surface area contributed by atoms with Crippen LogP contribution in [0.3, 0.4) is 0 Å². The summed E-state index contributed by atoms with van der Waals surface area (Å²) >= 11 is 5.91. The van der Waals surface area contributed by atoms with Crippen LogP contribution in [0.1, 0.15) is 24.4 Å². The van der Waals surface area contributed by atoms with Gasteiger partial charge in [0.25, 0.3) is 0 Å². The van der Waals surface area contributed by atoms with Crippen molar-refractivity contribution in [3.8, 4) is 6.07 Å². The summed E-state index contributed by atoms with van der Waals surface area (Å²) in [5.41, 5.74) is 0.901. The van der Waals surface area contributed by atoms with Crippen LogP contribution in [0.5, 0.6) is 0 Å². The number of nitrogens with one attached hydrogen (secondary N) is 1. The van der Waals surface area contributed by atoms with Crippen molar-refractivity contribution in [2.75, 3.05) is 13.2 Å². The Morgan fingerprint density at radius 1 is 1.59 bits per heavy atom. The molecule has 90 valence electrons. The Bertz CT molecular complexity index is 410. The third-order valence-electron chi connectivity index (χ3n) is 2.88. The van der Waals surface area contributed by atoms with Crippen molar-refractivity contribution in [2.24, 2.45) is 0 Å². The number of nitriles is 1. The normalized spacial score (nSPS) is 21.1. The lowest BCUT2D eigenvalue weighted by atomic mass is 10.1. The molecule has 1 aliphatic heterocycles. The quantitative estimate of drug-likeness (QED) is 0.894. The number of hydrogen-bond donors (Lipinski definition) is 1. The van der Waals surface area contributed by atoms with Crippen molar-refractivity contribution in [2.45, 2.75) is 25.0 Å². The van der Waals surface area contributed by atoms with Gasteiger partial charge in [0.1, 0.15) is 6.04 Å². The van der Waals surface area contributed by atoms with Gasteiger partial charge in [-0.1, -0.05) is 23.7 Å². The van der Waals surface area contributed by atoms with E-state index in [0.29, 0.717) is 11.6 Å². The van der Waals surface area contributed by atoms with E-state index in [1.807, 2.05) is 18.2 Å². The molecule has 1 N–H and O–H groups in total. The number of ether oxygens (including phenoxy) is 1. The van der Waals surface area contributed by atoms with Gasteiger partial charge in [0.05, 0.1) is 12.2 Å². The summed E-state index contributed by atoms with van der Waals surface area (Å²) in [4.78, 5) is 0. The Hall–Kier alpha value is -1.08. The molecular formula is C13H15ClN2O. The van der Waals surface area contributed by atoms with Crippen LogP contribution in [-0.2, 0) is 4.74 Å². The standard InChI is InChI=1S/C13H15ClN2O/c14-11-4-1-3-10(7-11)13(8-15)16-9-12-5-2-6-17-12/h1,3-4,7,12-13,16H,2,5-6,9H2. The van der Waals surface area contributed by atoms with E-state index < -0.39 is 0 Å². The lowest BCUT2D eigenvalue weighted by Crippen LogP contribution is -2.29. The molecule has 1 fully saturated rings. The molecular weight excluding hydrogens is 236 g/mol. The molecule has 0 bridgehead atoms. The molecule has 1 saturated heterocycles. The van der Waals surface area contributed by atoms with Crippen LogP contribution in [0.4, 0.5) is 0 Å². The summed E-state index contributed by atoms with van der Waals surface area (Å²) in [5.74, 6) is 0. The van der Waals surface area contributed by atoms with Crippen LogP contribution in [0, 0.1) is 11.3 Å². The van der Waals surface area contributed by atoms with Gasteiger partial charge in [-0.3, -0.25) is 5.32 Å². The van der Waals surface area contributed by atoms with E-state index in [-0.39, 0.29) is 12.1 Å². The third kappa shape index (κ3) is 3.44. The first-order valence-electron chi connectivity index (χ1n) is 5.79. The molecule has 3 nitrogen and oxygen atoms in total. The maximum atomic E-state index is 9.15. The predicted octanol–water partition coefficient (Wildman–Crippen LogP) is 2.67. The summed E-state index contributed by atoms with van der Waals surface area (Å²) in [6, 6.07) is 9.31. The minimum absolute atomic E-state index is 0.241. The molecule has 1 aliphatic rings. The SMILES string of the molecule is N#CC(NCC1CCCO1)c1cccc(Cl)c1. The van der Waals surface area contributed by atoms with Crippen LogP contribution in [0.2, 0.25) is 5.02 Å². The van der Waals surface area contributed by atoms with Crippen molar-refractivity contribution in [3.63, 3.8) is 0 Å². The fourth-order valence-corrected chi connectivity index (χ4v) is 2.18. The van der Waals surface area contributed by atoms with Crippen LogP contribution in [0.25, 0.3) is 0 Å². The van der Waals surface area contributed by atoms with Gasteiger partial charge >= 0.3 is 0 Å². The number of nitrogens with zero attached hydrogens (tertiary/aromatic N) is 1. The topological polar surface area (TPSA) is 45.0 Å². The van der Waals surface area contributed by atoms with E-state index in [1.165, 1.54) is 0 Å². The fraction of sp³-hybridized carbons (Fsp3) is 0.462. The molecule has 0 aromatic heterocycles. The Morgan fingerprint density at radius 2 is 2.47 bits per heavy atom. The highest BCUT2D eigenvalue weighted by Crippen LogP contribution is 2.18. The molecule has 2 atom stereocenters. The molecule has 4 heteroatoms. The van der Waals surface area contributed by atoms with Gasteiger partial charge in [-0.25, -0.2) is 0 Å². The average molecular weight is 251 g/mol. The van der Waals surface area contributed by atoms with Gasteiger partial charge in [0.15, 0.2) is 0 Å². The maximum Gasteiger partial charge on any atom is 0.121 e. The first-order valence-corrected chi connectivity index (χ1v) is 6.17. The molecule has 1 aromatic carbocycles. The second kappa shape index (κ2) is 6.02. The predicted molar refractivity (Wildman–Crippen MR) is 66.8 cm³/mol. The first-order chi connectivity index (χ1) is 8.29. The highest BCUT2D eigenvalue weighted by Gasteiger charge is 2.18. The number of rotatable bonds is 4. The van der Waals surface area contributed by atoms with Gasteiger partial charge in [-0.05, 0) is 30.5 Å². The zero-order valence-corrected chi connectivity index (χ0v) is 10.3. The van der Waals surface area contributed by atoms with Crippen molar-refractivity contribution in [1.29, 1.82) is 5.26 Å². The number of halogens is 1. The van der Waals surface area contributed by atoms with Crippen LogP contribution in [0.15, 0.2) is 24.3 Å². The van der Waals surface area contributed by atoms with Crippen molar-refractivity contribution in [1.82, 2.24) is 5.32 Å². The third-order valence-corrected chi connectivity index (χ3v) is 3.12. The monoisotopic (exact) mass is 250 g/mol. The number of hydrogen-bond acceptors (Lipinski definition) is 3. The summed E-state index contributed by atoms with van der Waals surface area (Å²) in [5, 5.41) is 13.0. The minimum atomic E-state index is -0.321. The van der Waals surface area contributed by atoms with Gasteiger partial charge in [0.2, 0.25) is 0 Å². The zero-order chi connectivity index (χ0) is 12.1. The Balaban J connectivity index is 1.94. The molecule has 2 rings (SSSR count). The molecule has 0 aliphatic carbocycles. The summed E-state index contributed by atoms with van der Waals surface area (Å²) in [6.45, 7) is 1.55. The maximum absolute atomic E-state index is 9.15. The molecule has 2 unspecified atom stereocenters.